The normalized spacial score (nSPS) is 15.0. The molecule has 0 spiro atoms. The zero-order valence-corrected chi connectivity index (χ0v) is 25.4. The van der Waals surface area contributed by atoms with Gasteiger partial charge in [-0.05, 0) is 74.8 Å². The van der Waals surface area contributed by atoms with Crippen molar-refractivity contribution < 1.29 is 8.42 Å². The van der Waals surface area contributed by atoms with Crippen molar-refractivity contribution in [3.8, 4) is 27.9 Å². The fourth-order valence-corrected chi connectivity index (χ4v) is 9.32. The Morgan fingerprint density at radius 2 is 1.27 bits per heavy atom. The van der Waals surface area contributed by atoms with Gasteiger partial charge in [-0.15, -0.1) is 0 Å². The summed E-state index contributed by atoms with van der Waals surface area (Å²) in [5.74, 6) is 0.849. The molecule has 0 saturated heterocycles. The highest BCUT2D eigenvalue weighted by Gasteiger charge is 2.46. The molecule has 45 heavy (non-hydrogen) atoms. The molecule has 6 aromatic carbocycles. The first-order chi connectivity index (χ1) is 22.0. The van der Waals surface area contributed by atoms with Gasteiger partial charge in [0.1, 0.15) is 5.82 Å². The molecule has 7 aromatic rings. The molecule has 1 aromatic heterocycles. The van der Waals surface area contributed by atoms with Crippen LogP contribution >= 0.6 is 0 Å². The molecule has 2 aliphatic rings. The Morgan fingerprint density at radius 3 is 2.00 bits per heavy atom. The highest BCUT2D eigenvalue weighted by molar-refractivity contribution is 7.92. The van der Waals surface area contributed by atoms with Crippen LogP contribution in [0.3, 0.4) is 0 Å². The monoisotopic (exact) mass is 600 g/mol. The van der Waals surface area contributed by atoms with Crippen molar-refractivity contribution in [2.75, 3.05) is 0 Å². The summed E-state index contributed by atoms with van der Waals surface area (Å²) in [4.78, 5) is 5.46. The quantitative estimate of drug-likeness (QED) is 0.203. The molecular formula is C40H28N2O2S. The Morgan fingerprint density at radius 1 is 0.622 bits per heavy atom. The number of imidazole rings is 1. The summed E-state index contributed by atoms with van der Waals surface area (Å²) in [7, 11) is -3.70. The Labute approximate surface area is 262 Å². The van der Waals surface area contributed by atoms with E-state index in [4.69, 9.17) is 4.98 Å². The molecule has 0 bridgehead atoms. The van der Waals surface area contributed by atoms with Gasteiger partial charge in [-0.3, -0.25) is 4.57 Å². The summed E-state index contributed by atoms with van der Waals surface area (Å²) in [5, 5.41) is 0. The van der Waals surface area contributed by atoms with Gasteiger partial charge in [-0.2, -0.15) is 0 Å². The third-order valence-corrected chi connectivity index (χ3v) is 11.4. The van der Waals surface area contributed by atoms with Crippen molar-refractivity contribution in [3.05, 3.63) is 168 Å². The van der Waals surface area contributed by atoms with Crippen LogP contribution < -0.4 is 0 Å². The lowest BCUT2D eigenvalue weighted by atomic mass is 9.67. The smallest absolute Gasteiger partial charge is 0.210 e. The van der Waals surface area contributed by atoms with Crippen LogP contribution in [0.25, 0.3) is 39.0 Å². The van der Waals surface area contributed by atoms with Gasteiger partial charge < -0.3 is 0 Å². The number of sulfone groups is 1. The summed E-state index contributed by atoms with van der Waals surface area (Å²) in [5.41, 5.74) is 10.8. The second kappa shape index (κ2) is 9.37. The van der Waals surface area contributed by atoms with E-state index in [2.05, 4.69) is 110 Å². The number of hydrogen-bond donors (Lipinski definition) is 0. The maximum absolute atomic E-state index is 13.9. The highest BCUT2D eigenvalue weighted by Crippen LogP contribution is 2.56. The summed E-state index contributed by atoms with van der Waals surface area (Å²) in [6.45, 7) is 2.06. The summed E-state index contributed by atoms with van der Waals surface area (Å²) in [6, 6.07) is 48.0. The number of benzene rings is 6. The van der Waals surface area contributed by atoms with Gasteiger partial charge in [-0.1, -0.05) is 116 Å². The molecule has 0 N–H and O–H groups in total. The molecular weight excluding hydrogens is 573 g/mol. The Hall–Kier alpha value is -5.26. The Balaban J connectivity index is 1.32. The van der Waals surface area contributed by atoms with Crippen LogP contribution in [0.2, 0.25) is 0 Å². The largest absolute Gasteiger partial charge is 0.294 e. The predicted molar refractivity (Wildman–Crippen MR) is 179 cm³/mol. The lowest BCUT2D eigenvalue weighted by molar-refractivity contribution is 0.594. The van der Waals surface area contributed by atoms with Crippen LogP contribution in [-0.4, -0.2) is 18.0 Å². The molecule has 2 heterocycles. The Kier molecular flexibility index (Phi) is 5.45. The molecule has 9 rings (SSSR count). The molecule has 5 heteroatoms. The van der Waals surface area contributed by atoms with Gasteiger partial charge in [0.25, 0.3) is 0 Å². The molecule has 1 aliphatic heterocycles. The zero-order chi connectivity index (χ0) is 30.3. The molecule has 0 unspecified atom stereocenters. The van der Waals surface area contributed by atoms with Crippen LogP contribution in [-0.2, 0) is 21.7 Å². The van der Waals surface area contributed by atoms with E-state index in [1.165, 1.54) is 33.4 Å². The van der Waals surface area contributed by atoms with Crippen molar-refractivity contribution in [3.63, 3.8) is 0 Å². The van der Waals surface area contributed by atoms with Crippen molar-refractivity contribution in [2.24, 2.45) is 0 Å². The summed E-state index contributed by atoms with van der Waals surface area (Å²) in [6.07, 6.45) is 0.686. The average Bonchev–Trinajstić information content (AvgIpc) is 3.62. The number of fused-ring (bicyclic) bond motifs is 5. The fourth-order valence-electron chi connectivity index (χ4n) is 7.70. The second-order valence-electron chi connectivity index (χ2n) is 11.8. The summed E-state index contributed by atoms with van der Waals surface area (Å²) >= 11 is 0. The van der Waals surface area contributed by atoms with E-state index in [-0.39, 0.29) is 0 Å². The van der Waals surface area contributed by atoms with Crippen molar-refractivity contribution >= 4 is 20.9 Å². The standard InChI is InChI=1S/C40H28N2O2S/c1-2-38-41-34-18-11-19-37-39(34)42(38)35-25-27(21-23-36(35)45(37,43)44)26-20-22-31-30-16-9-10-17-32(30)40(33(31)24-26,28-12-5-3-6-13-28)29-14-7-4-8-15-29/h3-25H,2H2,1H3. The highest BCUT2D eigenvalue weighted by atomic mass is 32.2. The van der Waals surface area contributed by atoms with Crippen molar-refractivity contribution in [2.45, 2.75) is 28.6 Å². The SMILES string of the molecule is CCc1nc2cccc3c2n1-c1cc(-c2ccc4c(c2)C(c2ccccc2)(c2ccccc2)c2ccccc2-4)ccc1S3(=O)=O. The first kappa shape index (κ1) is 26.2. The Bertz CT molecular complexity index is 2390. The van der Waals surface area contributed by atoms with E-state index in [1.54, 1.807) is 18.2 Å². The van der Waals surface area contributed by atoms with Gasteiger partial charge in [0.15, 0.2) is 0 Å². The van der Waals surface area contributed by atoms with Crippen molar-refractivity contribution in [1.29, 1.82) is 0 Å². The van der Waals surface area contributed by atoms with Gasteiger partial charge >= 0.3 is 0 Å². The van der Waals surface area contributed by atoms with E-state index in [9.17, 15) is 8.42 Å². The van der Waals surface area contributed by atoms with E-state index in [0.29, 0.717) is 32.9 Å². The number of hydrogen-bond acceptors (Lipinski definition) is 3. The molecule has 0 radical (unpaired) electrons. The first-order valence-electron chi connectivity index (χ1n) is 15.3. The van der Waals surface area contributed by atoms with E-state index in [0.717, 1.165) is 17.0 Å². The minimum atomic E-state index is -3.70. The lowest BCUT2D eigenvalue weighted by Crippen LogP contribution is -2.28. The van der Waals surface area contributed by atoms with Crippen LogP contribution in [0.15, 0.2) is 149 Å². The summed E-state index contributed by atoms with van der Waals surface area (Å²) < 4.78 is 29.8. The maximum Gasteiger partial charge on any atom is 0.210 e. The van der Waals surface area contributed by atoms with Crippen LogP contribution in [0.5, 0.6) is 0 Å². The molecule has 0 saturated carbocycles. The maximum atomic E-state index is 13.9. The molecule has 0 fully saturated rings. The molecule has 0 amide bonds. The number of aromatic nitrogens is 2. The minimum Gasteiger partial charge on any atom is -0.294 e. The minimum absolute atomic E-state index is 0.315. The zero-order valence-electron chi connectivity index (χ0n) is 24.6. The lowest BCUT2D eigenvalue weighted by Gasteiger charge is -2.34. The van der Waals surface area contributed by atoms with Crippen LogP contribution in [0, 0.1) is 0 Å². The van der Waals surface area contributed by atoms with E-state index < -0.39 is 15.3 Å². The van der Waals surface area contributed by atoms with Gasteiger partial charge in [-0.25, -0.2) is 13.4 Å². The van der Waals surface area contributed by atoms with Crippen LogP contribution in [0.1, 0.15) is 35.0 Å². The molecule has 0 atom stereocenters. The van der Waals surface area contributed by atoms with E-state index in [1.807, 2.05) is 22.8 Å². The number of rotatable bonds is 4. The third-order valence-electron chi connectivity index (χ3n) is 9.60. The predicted octanol–water partition coefficient (Wildman–Crippen LogP) is 8.76. The molecule has 1 aliphatic carbocycles. The average molecular weight is 601 g/mol. The first-order valence-corrected chi connectivity index (χ1v) is 16.8. The van der Waals surface area contributed by atoms with Gasteiger partial charge in [0.05, 0.1) is 31.9 Å². The second-order valence-corrected chi connectivity index (χ2v) is 13.7. The van der Waals surface area contributed by atoms with Crippen molar-refractivity contribution in [1.82, 2.24) is 9.55 Å². The number of nitrogens with zero attached hydrogens (tertiary/aromatic N) is 2. The molecule has 216 valence electrons. The topological polar surface area (TPSA) is 52.0 Å². The molecule has 4 nitrogen and oxygen atoms in total. The third kappa shape index (κ3) is 3.42. The van der Waals surface area contributed by atoms with E-state index >= 15 is 0 Å². The van der Waals surface area contributed by atoms with Crippen LogP contribution in [0.4, 0.5) is 0 Å². The van der Waals surface area contributed by atoms with Gasteiger partial charge in [0.2, 0.25) is 9.84 Å². The number of para-hydroxylation sites is 1. The van der Waals surface area contributed by atoms with Gasteiger partial charge in [0, 0.05) is 6.42 Å². The fraction of sp³-hybridized carbons (Fsp3) is 0.0750. The number of aryl methyl sites for hydroxylation is 1.